The van der Waals surface area contributed by atoms with Crippen LogP contribution in [-0.4, -0.2) is 97.2 Å². The van der Waals surface area contributed by atoms with Crippen molar-refractivity contribution < 1.29 is 56.2 Å². The number of nitrogens with two attached hydrogens (primary N) is 1. The average molecular weight is 795 g/mol. The molecule has 0 amide bonds. The summed E-state index contributed by atoms with van der Waals surface area (Å²) < 4.78 is 130. The number of anilines is 3. The van der Waals surface area contributed by atoms with Crippen LogP contribution in [0.15, 0.2) is 72.7 Å². The Labute approximate surface area is 293 Å². The predicted octanol–water partition coefficient (Wildman–Crippen LogP) is 3.39. The summed E-state index contributed by atoms with van der Waals surface area (Å²) in [6.07, 6.45) is 0.526. The van der Waals surface area contributed by atoms with Gasteiger partial charge in [-0.25, -0.2) is 17.6 Å². The third-order valence-electron chi connectivity index (χ3n) is 6.51. The van der Waals surface area contributed by atoms with Crippen LogP contribution in [0.3, 0.4) is 0 Å². The van der Waals surface area contributed by atoms with Gasteiger partial charge in [0, 0.05) is 32.4 Å². The van der Waals surface area contributed by atoms with Gasteiger partial charge in [-0.2, -0.15) is 35.5 Å². The van der Waals surface area contributed by atoms with E-state index in [1.54, 1.807) is 6.92 Å². The number of ether oxygens (including phenoxy) is 1. The number of sulfone groups is 1. The fraction of sp³-hybridized carbons (Fsp3) is 0.346. The Morgan fingerprint density at radius 2 is 1.39 bits per heavy atom. The predicted molar refractivity (Wildman–Crippen MR) is 184 cm³/mol. The molecule has 0 saturated carbocycles. The summed E-state index contributed by atoms with van der Waals surface area (Å²) >= 11 is 0. The van der Waals surface area contributed by atoms with E-state index < -0.39 is 63.5 Å². The van der Waals surface area contributed by atoms with E-state index in [0.717, 1.165) is 18.2 Å². The fourth-order valence-electron chi connectivity index (χ4n) is 3.96. The molecule has 25 heteroatoms. The number of nitrogen functional groups attached to an aromatic ring is 1. The van der Waals surface area contributed by atoms with E-state index in [-0.39, 0.29) is 51.5 Å². The maximum Gasteiger partial charge on any atom is 0.397 e. The summed E-state index contributed by atoms with van der Waals surface area (Å²) in [5, 5.41) is 21.8. The Bertz CT molecular complexity index is 2210. The fourth-order valence-corrected chi connectivity index (χ4v) is 6.44. The number of aromatic nitrogens is 1. The Hall–Kier alpha value is -4.21. The molecule has 0 atom stereocenters. The van der Waals surface area contributed by atoms with Crippen LogP contribution < -0.4 is 16.4 Å². The largest absolute Gasteiger partial charge is 0.397 e. The molecule has 280 valence electrons. The summed E-state index contributed by atoms with van der Waals surface area (Å²) in [5.74, 6) is -0.988. The van der Waals surface area contributed by atoms with Crippen LogP contribution in [0, 0.1) is 6.92 Å². The molecule has 2 aromatic carbocycles. The molecule has 21 nitrogen and oxygen atoms in total. The van der Waals surface area contributed by atoms with Crippen molar-refractivity contribution in [3.05, 3.63) is 48.0 Å². The van der Waals surface area contributed by atoms with Crippen LogP contribution in [0.25, 0.3) is 0 Å². The zero-order chi connectivity index (χ0) is 38.0. The van der Waals surface area contributed by atoms with E-state index in [1.165, 1.54) is 31.4 Å². The van der Waals surface area contributed by atoms with Crippen molar-refractivity contribution in [2.45, 2.75) is 23.1 Å². The van der Waals surface area contributed by atoms with E-state index >= 15 is 0 Å². The van der Waals surface area contributed by atoms with E-state index in [0.29, 0.717) is 25.1 Å². The second kappa shape index (κ2) is 17.3. The molecule has 7 N–H and O–H groups in total. The Kier molecular flexibility index (Phi) is 14.0. The Morgan fingerprint density at radius 3 is 2.00 bits per heavy atom. The van der Waals surface area contributed by atoms with Gasteiger partial charge in [0.2, 0.25) is 0 Å². The number of hydrogen-bond donors (Lipinski definition) is 6. The number of azo groups is 2. The lowest BCUT2D eigenvalue weighted by Gasteiger charge is -2.16. The molecule has 0 radical (unpaired) electrons. The van der Waals surface area contributed by atoms with E-state index in [2.05, 4.69) is 40.3 Å². The molecule has 1 heterocycles. The molecule has 3 rings (SSSR count). The van der Waals surface area contributed by atoms with Gasteiger partial charge in [0.25, 0.3) is 20.2 Å². The van der Waals surface area contributed by atoms with Crippen molar-refractivity contribution in [3.8, 4) is 0 Å². The Balaban J connectivity index is 1.90. The lowest BCUT2D eigenvalue weighted by atomic mass is 10.2. The number of pyridine rings is 1. The molecular weight excluding hydrogens is 761 g/mol. The maximum absolute atomic E-state index is 12.3. The number of hydrogen-bond acceptors (Lipinski definition) is 18. The smallest absolute Gasteiger partial charge is 0.395 e. The SMILES string of the molecule is COCCCNc1nc(NCCS(=O)(=O)CCOS(=O)(=O)O)c(N)c(C)c1/N=N/c1ccc(/N=N/c2ccc(S(=O)(=O)O)cc2)cc1S(=O)(=O)O. The van der Waals surface area contributed by atoms with Crippen LogP contribution in [-0.2, 0) is 49.4 Å². The zero-order valence-corrected chi connectivity index (χ0v) is 30.1. The van der Waals surface area contributed by atoms with Crippen molar-refractivity contribution in [1.29, 1.82) is 0 Å². The molecule has 0 spiro atoms. The molecule has 0 saturated heterocycles. The summed E-state index contributed by atoms with van der Waals surface area (Å²) in [7, 11) is -16.4. The minimum atomic E-state index is -4.89. The van der Waals surface area contributed by atoms with Crippen LogP contribution in [0.2, 0.25) is 0 Å². The number of rotatable bonds is 19. The topological polar surface area (TPSA) is 328 Å². The quantitative estimate of drug-likeness (QED) is 0.0575. The van der Waals surface area contributed by atoms with Gasteiger partial charge >= 0.3 is 10.4 Å². The third kappa shape index (κ3) is 13.1. The summed E-state index contributed by atoms with van der Waals surface area (Å²) in [6.45, 7) is 1.28. The monoisotopic (exact) mass is 794 g/mol. The van der Waals surface area contributed by atoms with Gasteiger partial charge in [-0.3, -0.25) is 13.7 Å². The minimum Gasteiger partial charge on any atom is -0.395 e. The normalized spacial score (nSPS) is 12.9. The highest BCUT2D eigenvalue weighted by Crippen LogP contribution is 2.38. The van der Waals surface area contributed by atoms with Crippen molar-refractivity contribution in [2.75, 3.05) is 61.3 Å². The van der Waals surface area contributed by atoms with Crippen LogP contribution in [0.5, 0.6) is 0 Å². The molecule has 0 aliphatic heterocycles. The standard InChI is InChI=1S/C26H34N8O13S4/c1-17-23(27)25(29-11-14-48(35,36)15-13-47-51(43,44)45)30-26(28-10-3-12-46-2)24(17)34-33-21-9-6-19(16-22(21)50(40,41)42)32-31-18-4-7-20(8-5-18)49(37,38)39/h4-9,16H,3,10-15,27H2,1-2H3,(H2,28,29,30)(H,37,38,39)(H,40,41,42)(H,43,44,45)/b32-31+,34-33+. The average Bonchev–Trinajstić information content (AvgIpc) is 3.02. The first-order chi connectivity index (χ1) is 23.7. The molecule has 0 aliphatic carbocycles. The second-order valence-electron chi connectivity index (χ2n) is 10.3. The summed E-state index contributed by atoms with van der Waals surface area (Å²) in [4.78, 5) is 3.35. The van der Waals surface area contributed by atoms with Gasteiger partial charge in [-0.1, -0.05) is 0 Å². The van der Waals surface area contributed by atoms with E-state index in [9.17, 15) is 38.2 Å². The number of benzene rings is 2. The third-order valence-corrected chi connectivity index (χ3v) is 10.3. The van der Waals surface area contributed by atoms with Crippen LogP contribution >= 0.6 is 0 Å². The molecular formula is C26H34N8O13S4. The molecule has 1 aromatic heterocycles. The highest BCUT2D eigenvalue weighted by molar-refractivity contribution is 7.91. The van der Waals surface area contributed by atoms with Crippen LogP contribution in [0.1, 0.15) is 12.0 Å². The van der Waals surface area contributed by atoms with Crippen molar-refractivity contribution in [3.63, 3.8) is 0 Å². The summed E-state index contributed by atoms with van der Waals surface area (Å²) in [6, 6.07) is 8.15. The lowest BCUT2D eigenvalue weighted by molar-refractivity contribution is 0.198. The number of nitrogens with zero attached hydrogens (tertiary/aromatic N) is 5. The highest BCUT2D eigenvalue weighted by Gasteiger charge is 2.20. The highest BCUT2D eigenvalue weighted by atomic mass is 32.3. The van der Waals surface area contributed by atoms with Gasteiger partial charge in [0.15, 0.2) is 21.5 Å². The minimum absolute atomic E-state index is 0.0357. The molecule has 0 bridgehead atoms. The van der Waals surface area contributed by atoms with Crippen LogP contribution in [0.4, 0.5) is 40.1 Å². The maximum atomic E-state index is 12.3. The number of nitrogens with one attached hydrogen (secondary N) is 2. The van der Waals surface area contributed by atoms with Gasteiger partial charge in [-0.05, 0) is 55.8 Å². The zero-order valence-electron chi connectivity index (χ0n) is 26.9. The first-order valence-electron chi connectivity index (χ1n) is 14.3. The van der Waals surface area contributed by atoms with E-state index in [4.69, 9.17) is 19.6 Å². The molecule has 0 fully saturated rings. The molecule has 0 unspecified atom stereocenters. The summed E-state index contributed by atoms with van der Waals surface area (Å²) in [5.41, 5.74) is 6.50. The van der Waals surface area contributed by atoms with E-state index in [1.807, 2.05) is 0 Å². The first-order valence-corrected chi connectivity index (χ1v) is 20.4. The number of methoxy groups -OCH3 is 1. The molecule has 3 aromatic rings. The van der Waals surface area contributed by atoms with Gasteiger partial charge < -0.3 is 21.1 Å². The molecule has 51 heavy (non-hydrogen) atoms. The van der Waals surface area contributed by atoms with Gasteiger partial charge in [-0.15, -0.1) is 10.2 Å². The first kappa shape index (κ1) is 41.2. The van der Waals surface area contributed by atoms with Crippen molar-refractivity contribution in [2.24, 2.45) is 20.5 Å². The molecule has 0 aliphatic rings. The van der Waals surface area contributed by atoms with Gasteiger partial charge in [0.05, 0.1) is 40.1 Å². The van der Waals surface area contributed by atoms with Crippen molar-refractivity contribution in [1.82, 2.24) is 4.98 Å². The Morgan fingerprint density at radius 1 is 0.765 bits per heavy atom. The van der Waals surface area contributed by atoms with Gasteiger partial charge in [0.1, 0.15) is 16.3 Å². The lowest BCUT2D eigenvalue weighted by Crippen LogP contribution is -2.23. The van der Waals surface area contributed by atoms with Crippen molar-refractivity contribution >= 4 is 80.5 Å². The second-order valence-corrected chi connectivity index (χ2v) is 16.5.